The summed E-state index contributed by atoms with van der Waals surface area (Å²) >= 11 is 0. The molecular weight excluding hydrogens is 314 g/mol. The largest absolute Gasteiger partial charge is 0.465 e. The lowest BCUT2D eigenvalue weighted by molar-refractivity contribution is -0.116. The molecule has 1 aliphatic heterocycles. The van der Waals surface area contributed by atoms with E-state index in [2.05, 4.69) is 36.4 Å². The van der Waals surface area contributed by atoms with Crippen molar-refractivity contribution in [3.05, 3.63) is 70.8 Å². The summed E-state index contributed by atoms with van der Waals surface area (Å²) in [5.74, 6) is 2.35. The number of amides is 1. The monoisotopic (exact) mass is 335 g/mol. The molecule has 5 heteroatoms. The van der Waals surface area contributed by atoms with Crippen molar-refractivity contribution in [1.82, 2.24) is 9.78 Å². The number of nitrogens with zero attached hydrogens (tertiary/aromatic N) is 2. The molecule has 4 rings (SSSR count). The highest BCUT2D eigenvalue weighted by Crippen LogP contribution is 2.39. The first-order chi connectivity index (χ1) is 12.2. The van der Waals surface area contributed by atoms with E-state index in [9.17, 15) is 4.79 Å². The molecule has 1 aliphatic rings. The van der Waals surface area contributed by atoms with Crippen LogP contribution in [0.3, 0.4) is 0 Å². The SMILES string of the molecule is CCc1ccc([C@@H]2CC(=O)Nc3nn(Cc4ccccc4)c(C)c32)o1. The molecule has 25 heavy (non-hydrogen) atoms. The second kappa shape index (κ2) is 6.24. The normalized spacial score (nSPS) is 16.6. The van der Waals surface area contributed by atoms with Crippen LogP contribution in [0.4, 0.5) is 5.82 Å². The number of aryl methyl sites for hydroxylation is 1. The molecule has 0 unspecified atom stereocenters. The average Bonchev–Trinajstić information content (AvgIpc) is 3.21. The van der Waals surface area contributed by atoms with Crippen LogP contribution in [0.1, 0.15) is 47.6 Å². The van der Waals surface area contributed by atoms with Crippen LogP contribution < -0.4 is 5.32 Å². The Labute approximate surface area is 146 Å². The summed E-state index contributed by atoms with van der Waals surface area (Å²) in [7, 11) is 0. The van der Waals surface area contributed by atoms with Crippen molar-refractivity contribution in [3.63, 3.8) is 0 Å². The number of rotatable bonds is 4. The van der Waals surface area contributed by atoms with E-state index in [1.807, 2.05) is 35.0 Å². The highest BCUT2D eigenvalue weighted by molar-refractivity contribution is 5.94. The van der Waals surface area contributed by atoms with Gasteiger partial charge in [0, 0.05) is 24.1 Å². The van der Waals surface area contributed by atoms with Crippen LogP contribution in [-0.4, -0.2) is 15.7 Å². The molecule has 3 aromatic rings. The van der Waals surface area contributed by atoms with Crippen LogP contribution in [0.5, 0.6) is 0 Å². The fourth-order valence-electron chi connectivity index (χ4n) is 3.46. The first-order valence-corrected chi connectivity index (χ1v) is 8.65. The molecule has 0 fully saturated rings. The number of aromatic nitrogens is 2. The fraction of sp³-hybridized carbons (Fsp3) is 0.300. The van der Waals surface area contributed by atoms with Crippen LogP contribution >= 0.6 is 0 Å². The minimum absolute atomic E-state index is 0.0173. The molecule has 1 aromatic carbocycles. The van der Waals surface area contributed by atoms with E-state index in [4.69, 9.17) is 4.42 Å². The zero-order valence-corrected chi connectivity index (χ0v) is 14.5. The van der Waals surface area contributed by atoms with E-state index in [1.54, 1.807) is 0 Å². The third-order valence-corrected chi connectivity index (χ3v) is 4.80. The van der Waals surface area contributed by atoms with Gasteiger partial charge in [0.1, 0.15) is 11.5 Å². The molecule has 128 valence electrons. The number of anilines is 1. The van der Waals surface area contributed by atoms with Crippen molar-refractivity contribution in [1.29, 1.82) is 0 Å². The van der Waals surface area contributed by atoms with Crippen LogP contribution in [0, 0.1) is 6.92 Å². The lowest BCUT2D eigenvalue weighted by atomic mass is 9.90. The van der Waals surface area contributed by atoms with Gasteiger partial charge in [-0.25, -0.2) is 0 Å². The van der Waals surface area contributed by atoms with Crippen molar-refractivity contribution >= 4 is 11.7 Å². The Hall–Kier alpha value is -2.82. The second-order valence-electron chi connectivity index (χ2n) is 6.45. The summed E-state index contributed by atoms with van der Waals surface area (Å²) in [5.41, 5.74) is 3.31. The number of carbonyl (C=O) groups excluding carboxylic acids is 1. The Morgan fingerprint density at radius 1 is 1.24 bits per heavy atom. The highest BCUT2D eigenvalue weighted by Gasteiger charge is 2.33. The van der Waals surface area contributed by atoms with Gasteiger partial charge in [-0.3, -0.25) is 9.48 Å². The van der Waals surface area contributed by atoms with Crippen LogP contribution in [0.2, 0.25) is 0 Å². The topological polar surface area (TPSA) is 60.1 Å². The summed E-state index contributed by atoms with van der Waals surface area (Å²) in [6.45, 7) is 4.80. The minimum Gasteiger partial charge on any atom is -0.465 e. The lowest BCUT2D eigenvalue weighted by Crippen LogP contribution is -2.23. The van der Waals surface area contributed by atoms with Crippen molar-refractivity contribution in [2.45, 2.75) is 39.2 Å². The van der Waals surface area contributed by atoms with Crippen molar-refractivity contribution in [2.75, 3.05) is 5.32 Å². The smallest absolute Gasteiger partial charge is 0.226 e. The van der Waals surface area contributed by atoms with E-state index in [0.29, 0.717) is 18.8 Å². The van der Waals surface area contributed by atoms with Gasteiger partial charge < -0.3 is 9.73 Å². The van der Waals surface area contributed by atoms with Crippen LogP contribution in [0.15, 0.2) is 46.9 Å². The van der Waals surface area contributed by atoms with Gasteiger partial charge in [0.15, 0.2) is 5.82 Å². The minimum atomic E-state index is -0.0754. The number of benzene rings is 1. The van der Waals surface area contributed by atoms with E-state index in [1.165, 1.54) is 5.56 Å². The third kappa shape index (κ3) is 2.86. The molecule has 0 saturated carbocycles. The van der Waals surface area contributed by atoms with Gasteiger partial charge in [0.05, 0.1) is 12.5 Å². The molecule has 1 amide bonds. The standard InChI is InChI=1S/C20H21N3O2/c1-3-15-9-10-17(25-15)16-11-18(24)21-20-19(16)13(2)23(22-20)12-14-7-5-4-6-8-14/h4-10,16H,3,11-12H2,1-2H3,(H,21,22,24)/t16-/m0/s1. The maximum absolute atomic E-state index is 12.2. The van der Waals surface area contributed by atoms with E-state index < -0.39 is 0 Å². The predicted molar refractivity (Wildman–Crippen MR) is 95.7 cm³/mol. The van der Waals surface area contributed by atoms with Crippen LogP contribution in [0.25, 0.3) is 0 Å². The molecule has 2 aromatic heterocycles. The Balaban J connectivity index is 1.73. The molecule has 0 spiro atoms. The molecular formula is C20H21N3O2. The van der Waals surface area contributed by atoms with E-state index in [-0.39, 0.29) is 11.8 Å². The molecule has 1 atom stereocenters. The average molecular weight is 335 g/mol. The number of hydrogen-bond acceptors (Lipinski definition) is 3. The molecule has 5 nitrogen and oxygen atoms in total. The molecule has 0 saturated heterocycles. The lowest BCUT2D eigenvalue weighted by Gasteiger charge is -2.20. The van der Waals surface area contributed by atoms with E-state index in [0.717, 1.165) is 29.2 Å². The van der Waals surface area contributed by atoms with Crippen molar-refractivity contribution < 1.29 is 9.21 Å². The molecule has 0 aliphatic carbocycles. The van der Waals surface area contributed by atoms with E-state index >= 15 is 0 Å². The van der Waals surface area contributed by atoms with Gasteiger partial charge in [-0.05, 0) is 24.6 Å². The third-order valence-electron chi connectivity index (χ3n) is 4.80. The first-order valence-electron chi connectivity index (χ1n) is 8.65. The zero-order chi connectivity index (χ0) is 17.4. The number of nitrogens with one attached hydrogen (secondary N) is 1. The summed E-state index contributed by atoms with van der Waals surface area (Å²) in [5, 5.41) is 7.56. The van der Waals surface area contributed by atoms with Crippen molar-refractivity contribution in [2.24, 2.45) is 0 Å². The van der Waals surface area contributed by atoms with Gasteiger partial charge in [-0.15, -0.1) is 0 Å². The Morgan fingerprint density at radius 3 is 2.76 bits per heavy atom. The second-order valence-corrected chi connectivity index (χ2v) is 6.45. The molecule has 1 N–H and O–H groups in total. The maximum Gasteiger partial charge on any atom is 0.226 e. The maximum atomic E-state index is 12.2. The summed E-state index contributed by atoms with van der Waals surface area (Å²) in [6.07, 6.45) is 1.24. The molecule has 0 radical (unpaired) electrons. The number of hydrogen-bond donors (Lipinski definition) is 1. The number of fused-ring (bicyclic) bond motifs is 1. The highest BCUT2D eigenvalue weighted by atomic mass is 16.3. The summed E-state index contributed by atoms with van der Waals surface area (Å²) in [4.78, 5) is 12.2. The Kier molecular flexibility index (Phi) is 3.92. The Morgan fingerprint density at radius 2 is 2.04 bits per heavy atom. The summed E-state index contributed by atoms with van der Waals surface area (Å²) < 4.78 is 7.90. The van der Waals surface area contributed by atoms with Crippen LogP contribution in [-0.2, 0) is 17.8 Å². The Bertz CT molecular complexity index is 908. The van der Waals surface area contributed by atoms with Gasteiger partial charge in [-0.1, -0.05) is 37.3 Å². The quantitative estimate of drug-likeness (QED) is 0.787. The van der Waals surface area contributed by atoms with Crippen molar-refractivity contribution in [3.8, 4) is 0 Å². The fourth-order valence-corrected chi connectivity index (χ4v) is 3.46. The number of furan rings is 1. The first kappa shape index (κ1) is 15.7. The zero-order valence-electron chi connectivity index (χ0n) is 14.5. The predicted octanol–water partition coefficient (Wildman–Crippen LogP) is 3.87. The molecule has 3 heterocycles. The number of carbonyl (C=O) groups is 1. The van der Waals surface area contributed by atoms with Gasteiger partial charge >= 0.3 is 0 Å². The summed E-state index contributed by atoms with van der Waals surface area (Å²) in [6, 6.07) is 14.2. The van der Waals surface area contributed by atoms with Gasteiger partial charge in [0.2, 0.25) is 5.91 Å². The molecule has 0 bridgehead atoms. The van der Waals surface area contributed by atoms with Gasteiger partial charge in [0.25, 0.3) is 0 Å². The van der Waals surface area contributed by atoms with Gasteiger partial charge in [-0.2, -0.15) is 5.10 Å².